The number of unbranched alkanes of at least 4 members (excludes halogenated alkanes) is 2. The topological polar surface area (TPSA) is 29.1 Å². The fraction of sp³-hybridized carbons (Fsp3) is 0.591. The highest BCUT2D eigenvalue weighted by atomic mass is 16.1. The molecule has 3 nitrogen and oxygen atoms in total. The van der Waals surface area contributed by atoms with Gasteiger partial charge in [-0.1, -0.05) is 63.6 Å². The lowest BCUT2D eigenvalue weighted by molar-refractivity contribution is -0.941. The summed E-state index contributed by atoms with van der Waals surface area (Å²) >= 11 is 0. The van der Waals surface area contributed by atoms with Crippen LogP contribution in [-0.4, -0.2) is 36.6 Å². The number of hydrogen-bond donors (Lipinski definition) is 1. The molecule has 0 heterocycles. The van der Waals surface area contributed by atoms with E-state index < -0.39 is 0 Å². The van der Waals surface area contributed by atoms with Gasteiger partial charge in [0.25, 0.3) is 0 Å². The van der Waals surface area contributed by atoms with Gasteiger partial charge in [-0.05, 0) is 19.8 Å². The Bertz CT molecular complexity index is 502. The first-order valence-electron chi connectivity index (χ1n) is 9.85. The van der Waals surface area contributed by atoms with Crippen molar-refractivity contribution in [3.8, 4) is 0 Å². The highest BCUT2D eigenvalue weighted by molar-refractivity contribution is 5.91. The van der Waals surface area contributed by atoms with Crippen LogP contribution in [0.1, 0.15) is 58.4 Å². The minimum atomic E-state index is -0.0247. The van der Waals surface area contributed by atoms with Crippen LogP contribution in [0.3, 0.4) is 0 Å². The number of quaternary nitrogens is 1. The highest BCUT2D eigenvalue weighted by Crippen LogP contribution is 2.19. The Balaban J connectivity index is 2.75. The highest BCUT2D eigenvalue weighted by Gasteiger charge is 2.26. The Hall–Kier alpha value is -1.61. The number of rotatable bonds is 13. The predicted molar refractivity (Wildman–Crippen MR) is 107 cm³/mol. The van der Waals surface area contributed by atoms with Crippen molar-refractivity contribution in [2.45, 2.75) is 59.4 Å². The third-order valence-electron chi connectivity index (χ3n) is 4.82. The maximum Gasteiger partial charge on any atom is 0.246 e. The van der Waals surface area contributed by atoms with Crippen LogP contribution < -0.4 is 5.32 Å². The molecule has 0 spiro atoms. The second-order valence-electron chi connectivity index (χ2n) is 7.25. The molecule has 0 aliphatic heterocycles. The van der Waals surface area contributed by atoms with Gasteiger partial charge in [-0.25, -0.2) is 0 Å². The molecule has 1 amide bonds. The number of benzene rings is 1. The molecule has 1 N–H and O–H groups in total. The van der Waals surface area contributed by atoms with Gasteiger partial charge in [0.2, 0.25) is 5.91 Å². The average Bonchev–Trinajstić information content (AvgIpc) is 2.62. The molecule has 0 aliphatic rings. The smallest absolute Gasteiger partial charge is 0.246 e. The second kappa shape index (κ2) is 11.9. The summed E-state index contributed by atoms with van der Waals surface area (Å²) in [5, 5.41) is 2.98. The molecule has 0 bridgehead atoms. The van der Waals surface area contributed by atoms with Gasteiger partial charge in [0, 0.05) is 24.1 Å². The Morgan fingerprint density at radius 3 is 2.08 bits per heavy atom. The van der Waals surface area contributed by atoms with E-state index in [-0.39, 0.29) is 5.91 Å². The van der Waals surface area contributed by atoms with Gasteiger partial charge < -0.3 is 9.80 Å². The number of nitrogens with one attached hydrogen (secondary N) is 1. The van der Waals surface area contributed by atoms with E-state index in [1.807, 2.05) is 0 Å². The molecule has 0 saturated carbocycles. The lowest BCUT2D eigenvalue weighted by atomic mass is 10.1. The molecule has 1 aromatic rings. The van der Waals surface area contributed by atoms with E-state index in [1.54, 1.807) is 6.92 Å². The maximum absolute atomic E-state index is 11.7. The van der Waals surface area contributed by atoms with Gasteiger partial charge >= 0.3 is 0 Å². The molecular weight excluding hydrogens is 308 g/mol. The van der Waals surface area contributed by atoms with E-state index in [2.05, 4.69) is 56.1 Å². The van der Waals surface area contributed by atoms with Crippen molar-refractivity contribution in [2.75, 3.05) is 26.2 Å². The van der Waals surface area contributed by atoms with Gasteiger partial charge in [0.1, 0.15) is 6.54 Å². The van der Waals surface area contributed by atoms with Crippen molar-refractivity contribution < 1.29 is 9.28 Å². The summed E-state index contributed by atoms with van der Waals surface area (Å²) in [5.74, 6) is -0.0247. The van der Waals surface area contributed by atoms with Crippen molar-refractivity contribution in [1.82, 2.24) is 5.32 Å². The summed E-state index contributed by atoms with van der Waals surface area (Å²) in [4.78, 5) is 11.7. The van der Waals surface area contributed by atoms with Gasteiger partial charge in [0.05, 0.1) is 19.6 Å². The van der Waals surface area contributed by atoms with Crippen molar-refractivity contribution >= 4 is 5.91 Å². The quantitative estimate of drug-likeness (QED) is 0.314. The first-order chi connectivity index (χ1) is 12.0. The molecule has 0 atom stereocenters. The zero-order valence-corrected chi connectivity index (χ0v) is 16.5. The lowest BCUT2D eigenvalue weighted by Crippen LogP contribution is -2.50. The van der Waals surface area contributed by atoms with E-state index >= 15 is 0 Å². The monoisotopic (exact) mass is 345 g/mol. The molecule has 0 radical (unpaired) electrons. The third kappa shape index (κ3) is 8.35. The molecule has 3 heteroatoms. The fourth-order valence-electron chi connectivity index (χ4n) is 3.30. The number of amides is 1. The third-order valence-corrected chi connectivity index (χ3v) is 4.82. The molecule has 0 unspecified atom stereocenters. The Labute approximate surface area is 154 Å². The zero-order valence-electron chi connectivity index (χ0n) is 16.5. The molecule has 25 heavy (non-hydrogen) atoms. The van der Waals surface area contributed by atoms with Crippen molar-refractivity contribution in [3.05, 3.63) is 48.0 Å². The van der Waals surface area contributed by atoms with Crippen molar-refractivity contribution in [3.63, 3.8) is 0 Å². The summed E-state index contributed by atoms with van der Waals surface area (Å²) in [7, 11) is 0. The number of hydrogen-bond acceptors (Lipinski definition) is 1. The van der Waals surface area contributed by atoms with Gasteiger partial charge in [-0.3, -0.25) is 4.79 Å². The standard InChI is InChI=1S/C22H36N2O/c1-5-7-16-24(17-8-6-2,19-21-13-10-9-11-14-21)18-12-15-23-22(25)20(3)4/h9-11,13-14H,3,5-8,12,15-19H2,1-2,4H3/p+1. The van der Waals surface area contributed by atoms with Crippen LogP contribution in [-0.2, 0) is 11.3 Å². The van der Waals surface area contributed by atoms with Gasteiger partial charge in [0.15, 0.2) is 0 Å². The lowest BCUT2D eigenvalue weighted by Gasteiger charge is -2.39. The van der Waals surface area contributed by atoms with Crippen molar-refractivity contribution in [2.24, 2.45) is 0 Å². The molecule has 1 aromatic carbocycles. The Morgan fingerprint density at radius 2 is 1.56 bits per heavy atom. The first kappa shape index (κ1) is 21.4. The van der Waals surface area contributed by atoms with Crippen LogP contribution in [0, 0.1) is 0 Å². The number of nitrogens with zero attached hydrogens (tertiary/aromatic N) is 1. The van der Waals surface area contributed by atoms with Gasteiger partial charge in [-0.2, -0.15) is 0 Å². The first-order valence-corrected chi connectivity index (χ1v) is 9.85. The average molecular weight is 346 g/mol. The summed E-state index contributed by atoms with van der Waals surface area (Å²) in [5.41, 5.74) is 2.00. The van der Waals surface area contributed by atoms with E-state index in [4.69, 9.17) is 0 Å². The van der Waals surface area contributed by atoms with Crippen LogP contribution in [0.4, 0.5) is 0 Å². The molecule has 140 valence electrons. The Kier molecular flexibility index (Phi) is 10.2. The Morgan fingerprint density at radius 1 is 1.00 bits per heavy atom. The number of carbonyl (C=O) groups is 1. The van der Waals surface area contributed by atoms with Crippen LogP contribution in [0.5, 0.6) is 0 Å². The van der Waals surface area contributed by atoms with Crippen molar-refractivity contribution in [1.29, 1.82) is 0 Å². The van der Waals surface area contributed by atoms with Gasteiger partial charge in [-0.15, -0.1) is 0 Å². The normalized spacial score (nSPS) is 11.3. The van der Waals surface area contributed by atoms with E-state index in [0.29, 0.717) is 5.57 Å². The maximum atomic E-state index is 11.7. The molecule has 0 saturated heterocycles. The summed E-state index contributed by atoms with van der Waals surface area (Å²) in [6, 6.07) is 10.8. The molecule has 0 aromatic heterocycles. The van der Waals surface area contributed by atoms with Crippen LogP contribution in [0.2, 0.25) is 0 Å². The minimum Gasteiger partial charge on any atom is -0.352 e. The molecule has 1 rings (SSSR count). The summed E-state index contributed by atoms with van der Waals surface area (Å²) in [6.45, 7) is 15.4. The molecule has 0 aliphatic carbocycles. The molecule has 0 fully saturated rings. The molecular formula is C22H37N2O+. The number of carbonyl (C=O) groups excluding carboxylic acids is 1. The second-order valence-corrected chi connectivity index (χ2v) is 7.25. The van der Waals surface area contributed by atoms with Crippen LogP contribution in [0.25, 0.3) is 0 Å². The predicted octanol–water partition coefficient (Wildman–Crippen LogP) is 4.69. The zero-order chi connectivity index (χ0) is 18.5. The van der Waals surface area contributed by atoms with E-state index in [9.17, 15) is 4.79 Å². The van der Waals surface area contributed by atoms with E-state index in [0.717, 1.165) is 30.5 Å². The van der Waals surface area contributed by atoms with E-state index in [1.165, 1.54) is 44.3 Å². The largest absolute Gasteiger partial charge is 0.352 e. The van der Waals surface area contributed by atoms with Crippen LogP contribution >= 0.6 is 0 Å². The minimum absolute atomic E-state index is 0.0247. The van der Waals surface area contributed by atoms with Crippen LogP contribution in [0.15, 0.2) is 42.5 Å². The summed E-state index contributed by atoms with van der Waals surface area (Å²) < 4.78 is 1.13. The SMILES string of the molecule is C=C(C)C(=O)NCCC[N+](CCCC)(CCCC)Cc1ccccc1. The fourth-order valence-corrected chi connectivity index (χ4v) is 3.30. The summed E-state index contributed by atoms with van der Waals surface area (Å²) in [6.07, 6.45) is 5.99.